The summed E-state index contributed by atoms with van der Waals surface area (Å²) in [4.78, 5) is 22.4. The highest BCUT2D eigenvalue weighted by molar-refractivity contribution is 7.47. The number of unbranched alkanes of at least 4 members (excludes halogenated alkanes) is 5. The van der Waals surface area contributed by atoms with Crippen molar-refractivity contribution in [3.05, 3.63) is 122 Å². The molecule has 2 atom stereocenters. The number of esters is 1. The molecule has 56 heavy (non-hydrogen) atoms. The Kier molecular flexibility index (Phi) is 40.6. The number of carbonyl (C=O) groups is 1. The number of hydrogen-bond donors (Lipinski definition) is 2. The van der Waals surface area contributed by atoms with Crippen LogP contribution in [0.2, 0.25) is 0 Å². The third-order valence-corrected chi connectivity index (χ3v) is 8.87. The molecule has 0 aromatic heterocycles. The zero-order valence-electron chi connectivity index (χ0n) is 34.8. The van der Waals surface area contributed by atoms with E-state index >= 15 is 0 Å². The predicted octanol–water partition coefficient (Wildman–Crippen LogP) is 12.6. The zero-order chi connectivity index (χ0) is 40.9. The van der Waals surface area contributed by atoms with Crippen LogP contribution in [0.15, 0.2) is 122 Å². The maximum Gasteiger partial charge on any atom is 0.472 e. The minimum absolute atomic E-state index is 0.0639. The van der Waals surface area contributed by atoms with E-state index in [1.54, 1.807) is 0 Å². The molecule has 0 saturated carbocycles. The molecule has 0 aromatic rings. The van der Waals surface area contributed by atoms with Crippen LogP contribution < -0.4 is 5.73 Å². The second-order valence-electron chi connectivity index (χ2n) is 13.1. The van der Waals surface area contributed by atoms with Gasteiger partial charge in [0.15, 0.2) is 0 Å². The van der Waals surface area contributed by atoms with Gasteiger partial charge in [-0.05, 0) is 89.9 Å². The Morgan fingerprint density at radius 3 is 1.41 bits per heavy atom. The lowest BCUT2D eigenvalue weighted by molar-refractivity contribution is -0.154. The second kappa shape index (κ2) is 43.0. The van der Waals surface area contributed by atoms with E-state index in [1.807, 2.05) is 12.2 Å². The minimum atomic E-state index is -4.31. The first-order valence-corrected chi connectivity index (χ1v) is 22.5. The van der Waals surface area contributed by atoms with E-state index < -0.39 is 19.9 Å². The maximum atomic E-state index is 12.6. The van der Waals surface area contributed by atoms with E-state index in [-0.39, 0.29) is 32.8 Å². The highest BCUT2D eigenvalue weighted by atomic mass is 31.2. The van der Waals surface area contributed by atoms with Crippen molar-refractivity contribution in [1.29, 1.82) is 0 Å². The van der Waals surface area contributed by atoms with E-state index in [0.29, 0.717) is 13.0 Å². The first kappa shape index (κ1) is 52.9. The third-order valence-electron chi connectivity index (χ3n) is 7.89. The molecule has 0 aliphatic carbocycles. The van der Waals surface area contributed by atoms with E-state index in [4.69, 9.17) is 24.3 Å². The molecule has 0 bridgehead atoms. The topological polar surface area (TPSA) is 117 Å². The number of ether oxygens (including phenoxy) is 2. The molecule has 9 heteroatoms. The predicted molar refractivity (Wildman–Crippen MR) is 237 cm³/mol. The average molecular weight is 798 g/mol. The summed E-state index contributed by atoms with van der Waals surface area (Å²) < 4.78 is 33.3. The molecule has 0 aliphatic rings. The summed E-state index contributed by atoms with van der Waals surface area (Å²) in [5.74, 6) is -0.425. The molecule has 0 amide bonds. The fourth-order valence-electron chi connectivity index (χ4n) is 4.89. The quantitative estimate of drug-likeness (QED) is 0.0274. The number of nitrogens with two attached hydrogens (primary N) is 1. The normalized spacial score (nSPS) is 14.7. The molecule has 0 aliphatic heterocycles. The van der Waals surface area contributed by atoms with Crippen LogP contribution in [0.25, 0.3) is 0 Å². The third kappa shape index (κ3) is 42.1. The lowest BCUT2D eigenvalue weighted by Crippen LogP contribution is -2.28. The van der Waals surface area contributed by atoms with Crippen LogP contribution in [0, 0.1) is 0 Å². The smallest absolute Gasteiger partial charge is 0.457 e. The van der Waals surface area contributed by atoms with Crippen LogP contribution in [-0.2, 0) is 27.9 Å². The molecular formula is C47H76NO7P. The molecule has 2 unspecified atom stereocenters. The lowest BCUT2D eigenvalue weighted by atomic mass is 10.1. The lowest BCUT2D eigenvalue weighted by Gasteiger charge is -2.19. The summed E-state index contributed by atoms with van der Waals surface area (Å²) in [6, 6.07) is 0. The fraction of sp³-hybridized carbons (Fsp3) is 0.553. The van der Waals surface area contributed by atoms with Gasteiger partial charge in [-0.2, -0.15) is 0 Å². The van der Waals surface area contributed by atoms with E-state index in [1.165, 1.54) is 0 Å². The van der Waals surface area contributed by atoms with Crippen molar-refractivity contribution in [3.8, 4) is 0 Å². The molecule has 0 radical (unpaired) electrons. The van der Waals surface area contributed by atoms with E-state index in [0.717, 1.165) is 103 Å². The van der Waals surface area contributed by atoms with Crippen molar-refractivity contribution in [3.63, 3.8) is 0 Å². The fourth-order valence-corrected chi connectivity index (χ4v) is 5.66. The number of phosphoric acid groups is 1. The molecule has 316 valence electrons. The van der Waals surface area contributed by atoms with Crippen molar-refractivity contribution in [1.82, 2.24) is 0 Å². The Morgan fingerprint density at radius 2 is 0.946 bits per heavy atom. The van der Waals surface area contributed by atoms with Gasteiger partial charge in [-0.25, -0.2) is 4.57 Å². The van der Waals surface area contributed by atoms with Gasteiger partial charge in [0, 0.05) is 19.6 Å². The van der Waals surface area contributed by atoms with Gasteiger partial charge in [0.2, 0.25) is 0 Å². The summed E-state index contributed by atoms with van der Waals surface area (Å²) in [5.41, 5.74) is 5.36. The molecule has 0 saturated heterocycles. The van der Waals surface area contributed by atoms with Crippen LogP contribution in [0.5, 0.6) is 0 Å². The summed E-state index contributed by atoms with van der Waals surface area (Å²) in [7, 11) is -4.31. The van der Waals surface area contributed by atoms with Gasteiger partial charge in [0.1, 0.15) is 6.10 Å². The van der Waals surface area contributed by atoms with E-state index in [2.05, 4.69) is 123 Å². The van der Waals surface area contributed by atoms with Gasteiger partial charge in [-0.3, -0.25) is 13.8 Å². The second-order valence-corrected chi connectivity index (χ2v) is 14.5. The highest BCUT2D eigenvalue weighted by Crippen LogP contribution is 2.43. The summed E-state index contributed by atoms with van der Waals surface area (Å²) in [5, 5.41) is 0. The van der Waals surface area contributed by atoms with Crippen molar-refractivity contribution < 1.29 is 32.8 Å². The van der Waals surface area contributed by atoms with Crippen LogP contribution in [0.1, 0.15) is 129 Å². The molecule has 8 nitrogen and oxygen atoms in total. The molecule has 0 rings (SSSR count). The van der Waals surface area contributed by atoms with Crippen molar-refractivity contribution in [2.24, 2.45) is 5.73 Å². The molecule has 0 heterocycles. The molecule has 0 fully saturated rings. The largest absolute Gasteiger partial charge is 0.472 e. The number of hydrogen-bond acceptors (Lipinski definition) is 7. The van der Waals surface area contributed by atoms with Gasteiger partial charge < -0.3 is 20.1 Å². The van der Waals surface area contributed by atoms with Gasteiger partial charge in [0.25, 0.3) is 0 Å². The molecule has 0 spiro atoms. The van der Waals surface area contributed by atoms with Gasteiger partial charge in [-0.1, -0.05) is 155 Å². The number of carbonyl (C=O) groups excluding carboxylic acids is 1. The van der Waals surface area contributed by atoms with Crippen LogP contribution >= 0.6 is 7.82 Å². The minimum Gasteiger partial charge on any atom is -0.457 e. The SMILES string of the molecule is CC/C=C\C/C=C\C/C=C\C/C=C\C/C=C\C/C=C\CCC(=O)OC(COCCCCCCC/C=C\C/C=C\C/C=C\C/C=C\CC)COP(=O)(O)OCCN. The van der Waals surface area contributed by atoms with Crippen LogP contribution in [0.3, 0.4) is 0 Å². The Morgan fingerprint density at radius 1 is 0.536 bits per heavy atom. The molecule has 3 N–H and O–H groups in total. The van der Waals surface area contributed by atoms with Crippen molar-refractivity contribution >= 4 is 13.8 Å². The first-order valence-electron chi connectivity index (χ1n) is 21.0. The van der Waals surface area contributed by atoms with Crippen LogP contribution in [-0.4, -0.2) is 49.9 Å². The highest BCUT2D eigenvalue weighted by Gasteiger charge is 2.25. The first-order chi connectivity index (χ1) is 27.4. The Balaban J connectivity index is 4.26. The van der Waals surface area contributed by atoms with Crippen molar-refractivity contribution in [2.45, 2.75) is 136 Å². The molecule has 0 aromatic carbocycles. The summed E-state index contributed by atoms with van der Waals surface area (Å²) in [6.45, 7) is 4.50. The van der Waals surface area contributed by atoms with Crippen LogP contribution in [0.4, 0.5) is 0 Å². The van der Waals surface area contributed by atoms with Gasteiger partial charge >= 0.3 is 13.8 Å². The summed E-state index contributed by atoms with van der Waals surface area (Å²) in [6.07, 6.45) is 59.5. The summed E-state index contributed by atoms with van der Waals surface area (Å²) >= 11 is 0. The van der Waals surface area contributed by atoms with Gasteiger partial charge in [-0.15, -0.1) is 0 Å². The Bertz CT molecular complexity index is 1260. The number of allylic oxidation sites excluding steroid dienone is 20. The van der Waals surface area contributed by atoms with Gasteiger partial charge in [0.05, 0.1) is 19.8 Å². The van der Waals surface area contributed by atoms with E-state index in [9.17, 15) is 14.3 Å². The maximum absolute atomic E-state index is 12.6. The molecular weight excluding hydrogens is 721 g/mol. The Labute approximate surface area is 341 Å². The monoisotopic (exact) mass is 798 g/mol. The van der Waals surface area contributed by atoms with Crippen molar-refractivity contribution in [2.75, 3.05) is 33.0 Å². The standard InChI is InChI=1S/C47H76NO7P/c1-3-5-7-9-11-13-15-17-19-21-23-24-26-28-30-32-34-36-38-40-47(49)55-46(45-54-56(50,51)53-43-41-48)44-52-42-39-37-35-33-31-29-27-25-22-20-18-16-14-12-10-8-6-4-2/h5-8,11-14,17-20,23-25,27-28,30,34,36,46H,3-4,9-10,15-16,21-22,26,29,31-33,35,37-45,48H2,1-2H3,(H,50,51)/b7-5-,8-6-,13-11-,14-12-,19-17-,20-18-,24-23-,27-25-,30-28-,36-34-. The average Bonchev–Trinajstić information content (AvgIpc) is 3.19. The zero-order valence-corrected chi connectivity index (χ0v) is 35.7. The number of phosphoric ester groups is 1. The Hall–Kier alpha value is -3.10. The number of rotatable bonds is 38.